The summed E-state index contributed by atoms with van der Waals surface area (Å²) in [5, 5.41) is 5.67. The molecule has 0 saturated heterocycles. The normalized spacial score (nSPS) is 10.4. The molecule has 3 aromatic rings. The number of anilines is 1. The first kappa shape index (κ1) is 14.4. The molecule has 1 aromatic heterocycles. The number of nitrogens with one attached hydrogen (secondary N) is 1. The van der Waals surface area contributed by atoms with Crippen molar-refractivity contribution in [3.63, 3.8) is 0 Å². The van der Waals surface area contributed by atoms with Crippen LogP contribution in [0.1, 0.15) is 5.56 Å². The fourth-order valence-electron chi connectivity index (χ4n) is 2.10. The zero-order valence-electron chi connectivity index (χ0n) is 11.6. The summed E-state index contributed by atoms with van der Waals surface area (Å²) in [4.78, 5) is 16.2. The van der Waals surface area contributed by atoms with Crippen molar-refractivity contribution in [2.75, 3.05) is 5.32 Å². The zero-order chi connectivity index (χ0) is 15.4. The molecule has 22 heavy (non-hydrogen) atoms. The third kappa shape index (κ3) is 3.56. The smallest absolute Gasteiger partial charge is 0.228 e. The van der Waals surface area contributed by atoms with Gasteiger partial charge in [0.15, 0.2) is 0 Å². The Bertz CT molecular complexity index is 770. The SMILES string of the molecule is O=C(Cc1cccc(F)c1)Nc1ccc(-c2nccs2)cc1. The summed E-state index contributed by atoms with van der Waals surface area (Å²) in [5.41, 5.74) is 2.37. The molecule has 5 heteroatoms. The molecule has 2 aromatic carbocycles. The van der Waals surface area contributed by atoms with Crippen LogP contribution >= 0.6 is 11.3 Å². The summed E-state index contributed by atoms with van der Waals surface area (Å²) in [6.07, 6.45) is 1.90. The van der Waals surface area contributed by atoms with Crippen LogP contribution < -0.4 is 5.32 Å². The van der Waals surface area contributed by atoms with Crippen LogP contribution in [0.5, 0.6) is 0 Å². The molecule has 0 unspecified atom stereocenters. The lowest BCUT2D eigenvalue weighted by Gasteiger charge is -2.06. The Morgan fingerprint density at radius 3 is 2.68 bits per heavy atom. The molecule has 0 radical (unpaired) electrons. The highest BCUT2D eigenvalue weighted by Gasteiger charge is 2.06. The van der Waals surface area contributed by atoms with Crippen molar-refractivity contribution in [3.05, 3.63) is 71.5 Å². The Hall–Kier alpha value is -2.53. The van der Waals surface area contributed by atoms with E-state index in [1.807, 2.05) is 29.6 Å². The Labute approximate surface area is 131 Å². The van der Waals surface area contributed by atoms with Gasteiger partial charge in [0.25, 0.3) is 0 Å². The van der Waals surface area contributed by atoms with Gasteiger partial charge in [-0.05, 0) is 42.0 Å². The lowest BCUT2D eigenvalue weighted by atomic mass is 10.1. The molecule has 110 valence electrons. The van der Waals surface area contributed by atoms with Crippen LogP contribution in [0, 0.1) is 5.82 Å². The molecule has 3 nitrogen and oxygen atoms in total. The first-order valence-corrected chi connectivity index (χ1v) is 7.63. The van der Waals surface area contributed by atoms with Gasteiger partial charge in [-0.25, -0.2) is 9.37 Å². The lowest BCUT2D eigenvalue weighted by Crippen LogP contribution is -2.14. The number of rotatable bonds is 4. The minimum Gasteiger partial charge on any atom is -0.326 e. The number of aromatic nitrogens is 1. The molecule has 0 aliphatic rings. The third-order valence-electron chi connectivity index (χ3n) is 3.10. The van der Waals surface area contributed by atoms with E-state index in [2.05, 4.69) is 10.3 Å². The number of benzene rings is 2. The van der Waals surface area contributed by atoms with Gasteiger partial charge in [-0.15, -0.1) is 11.3 Å². The largest absolute Gasteiger partial charge is 0.326 e. The number of hydrogen-bond donors (Lipinski definition) is 1. The molecule has 3 rings (SSSR count). The molecule has 0 bridgehead atoms. The predicted octanol–water partition coefficient (Wildman–Crippen LogP) is 4.13. The summed E-state index contributed by atoms with van der Waals surface area (Å²) in [6.45, 7) is 0. The van der Waals surface area contributed by atoms with Crippen LogP contribution in [-0.4, -0.2) is 10.9 Å². The van der Waals surface area contributed by atoms with Gasteiger partial charge in [0.2, 0.25) is 5.91 Å². The minimum atomic E-state index is -0.335. The highest BCUT2D eigenvalue weighted by atomic mass is 32.1. The topological polar surface area (TPSA) is 42.0 Å². The van der Waals surface area contributed by atoms with E-state index in [9.17, 15) is 9.18 Å². The number of thiazole rings is 1. The second-order valence-electron chi connectivity index (χ2n) is 4.77. The Morgan fingerprint density at radius 1 is 1.18 bits per heavy atom. The standard InChI is InChI=1S/C17H13FN2OS/c18-14-3-1-2-12(10-14)11-16(21)20-15-6-4-13(5-7-15)17-19-8-9-22-17/h1-10H,11H2,(H,20,21). The van der Waals surface area contributed by atoms with E-state index in [1.165, 1.54) is 12.1 Å². The lowest BCUT2D eigenvalue weighted by molar-refractivity contribution is -0.115. The first-order chi connectivity index (χ1) is 10.7. The summed E-state index contributed by atoms with van der Waals surface area (Å²) < 4.78 is 13.1. The molecule has 0 saturated carbocycles. The molecule has 0 spiro atoms. The fraction of sp³-hybridized carbons (Fsp3) is 0.0588. The highest BCUT2D eigenvalue weighted by Crippen LogP contribution is 2.23. The Balaban J connectivity index is 1.64. The van der Waals surface area contributed by atoms with E-state index in [1.54, 1.807) is 29.7 Å². The van der Waals surface area contributed by atoms with Gasteiger partial charge in [-0.1, -0.05) is 12.1 Å². The van der Waals surface area contributed by atoms with Crippen LogP contribution in [0.25, 0.3) is 10.6 Å². The van der Waals surface area contributed by atoms with Gasteiger partial charge in [0.05, 0.1) is 6.42 Å². The van der Waals surface area contributed by atoms with E-state index < -0.39 is 0 Å². The van der Waals surface area contributed by atoms with Gasteiger partial charge < -0.3 is 5.32 Å². The van der Waals surface area contributed by atoms with Crippen LogP contribution in [0.3, 0.4) is 0 Å². The van der Waals surface area contributed by atoms with E-state index in [4.69, 9.17) is 0 Å². The average molecular weight is 312 g/mol. The van der Waals surface area contributed by atoms with E-state index >= 15 is 0 Å². The van der Waals surface area contributed by atoms with Crippen molar-refractivity contribution in [2.45, 2.75) is 6.42 Å². The quantitative estimate of drug-likeness (QED) is 0.787. The van der Waals surface area contributed by atoms with Gasteiger partial charge in [0, 0.05) is 22.8 Å². The molecule has 0 fully saturated rings. The van der Waals surface area contributed by atoms with Gasteiger partial charge in [-0.3, -0.25) is 4.79 Å². The Morgan fingerprint density at radius 2 is 2.00 bits per heavy atom. The predicted molar refractivity (Wildman–Crippen MR) is 86.3 cm³/mol. The molecular weight excluding hydrogens is 299 g/mol. The second kappa shape index (κ2) is 6.49. The molecule has 1 N–H and O–H groups in total. The van der Waals surface area contributed by atoms with Crippen molar-refractivity contribution in [2.24, 2.45) is 0 Å². The molecule has 1 heterocycles. The molecular formula is C17H13FN2OS. The summed E-state index contributed by atoms with van der Waals surface area (Å²) in [7, 11) is 0. The maximum absolute atomic E-state index is 13.1. The van der Waals surface area contributed by atoms with Gasteiger partial charge in [0.1, 0.15) is 10.8 Å². The molecule has 0 atom stereocenters. The summed E-state index contributed by atoms with van der Waals surface area (Å²) in [5.74, 6) is -0.509. The van der Waals surface area contributed by atoms with Gasteiger partial charge >= 0.3 is 0 Å². The first-order valence-electron chi connectivity index (χ1n) is 6.75. The molecule has 0 aliphatic carbocycles. The Kier molecular flexibility index (Phi) is 4.25. The van der Waals surface area contributed by atoms with Crippen molar-refractivity contribution >= 4 is 22.9 Å². The van der Waals surface area contributed by atoms with E-state index in [0.717, 1.165) is 10.6 Å². The number of halogens is 1. The number of hydrogen-bond acceptors (Lipinski definition) is 3. The number of amides is 1. The third-order valence-corrected chi connectivity index (χ3v) is 3.92. The minimum absolute atomic E-state index is 0.145. The van der Waals surface area contributed by atoms with Gasteiger partial charge in [-0.2, -0.15) is 0 Å². The molecule has 0 aliphatic heterocycles. The maximum atomic E-state index is 13.1. The molecule has 1 amide bonds. The van der Waals surface area contributed by atoms with Crippen molar-refractivity contribution in [1.29, 1.82) is 0 Å². The number of nitrogens with zero attached hydrogens (tertiary/aromatic N) is 1. The van der Waals surface area contributed by atoms with Crippen molar-refractivity contribution < 1.29 is 9.18 Å². The zero-order valence-corrected chi connectivity index (χ0v) is 12.4. The second-order valence-corrected chi connectivity index (χ2v) is 5.66. The average Bonchev–Trinajstić information content (AvgIpc) is 3.02. The van der Waals surface area contributed by atoms with Crippen LogP contribution in [0.15, 0.2) is 60.1 Å². The number of carbonyl (C=O) groups excluding carboxylic acids is 1. The van der Waals surface area contributed by atoms with Crippen molar-refractivity contribution in [1.82, 2.24) is 4.98 Å². The van der Waals surface area contributed by atoms with E-state index in [0.29, 0.717) is 11.3 Å². The number of carbonyl (C=O) groups is 1. The summed E-state index contributed by atoms with van der Waals surface area (Å²) >= 11 is 1.56. The van der Waals surface area contributed by atoms with Crippen LogP contribution in [0.2, 0.25) is 0 Å². The van der Waals surface area contributed by atoms with Crippen LogP contribution in [0.4, 0.5) is 10.1 Å². The monoisotopic (exact) mass is 312 g/mol. The van der Waals surface area contributed by atoms with Crippen LogP contribution in [-0.2, 0) is 11.2 Å². The highest BCUT2D eigenvalue weighted by molar-refractivity contribution is 7.13. The van der Waals surface area contributed by atoms with Crippen molar-refractivity contribution in [3.8, 4) is 10.6 Å². The fourth-order valence-corrected chi connectivity index (χ4v) is 2.74. The maximum Gasteiger partial charge on any atom is 0.228 e. The van der Waals surface area contributed by atoms with E-state index in [-0.39, 0.29) is 18.1 Å². The summed E-state index contributed by atoms with van der Waals surface area (Å²) in [6, 6.07) is 13.5.